The van der Waals surface area contributed by atoms with Gasteiger partial charge in [-0.2, -0.15) is 0 Å². The van der Waals surface area contributed by atoms with Crippen molar-refractivity contribution in [1.29, 1.82) is 0 Å². The van der Waals surface area contributed by atoms with Crippen LogP contribution in [0, 0.1) is 27.7 Å². The molecule has 0 bridgehead atoms. The number of pyridine rings is 1. The Balaban J connectivity index is 2.16. The Morgan fingerprint density at radius 2 is 1.06 bits per heavy atom. The van der Waals surface area contributed by atoms with E-state index in [0.29, 0.717) is 5.75 Å². The number of hydrogen-bond donors (Lipinski definition) is 1. The molecule has 174 valence electrons. The van der Waals surface area contributed by atoms with Gasteiger partial charge in [0.25, 0.3) is 0 Å². The number of nitrogens with zero attached hydrogens (tertiary/aromatic N) is 1. The maximum absolute atomic E-state index is 10.5. The summed E-state index contributed by atoms with van der Waals surface area (Å²) in [7, 11) is 0. The van der Waals surface area contributed by atoms with Crippen molar-refractivity contribution in [2.45, 2.75) is 80.1 Å². The zero-order valence-corrected chi connectivity index (χ0v) is 22.0. The monoisotopic (exact) mass is 441 g/mol. The molecule has 0 saturated heterocycles. The van der Waals surface area contributed by atoms with Crippen LogP contribution in [-0.4, -0.2) is 10.1 Å². The first-order valence-corrected chi connectivity index (χ1v) is 11.8. The largest absolute Gasteiger partial charge is 0.508 e. The van der Waals surface area contributed by atoms with E-state index in [-0.39, 0.29) is 10.8 Å². The standard InChI is InChI=1S/C31H39NO/c1-19-13-23(14-20(2)28(19)29-21(3)17-32-18-22(29)4)11-12-25-26(30(5,6)7)15-24(33)16-27(25)31(8,9)10/h11-18,33H,1-10H3/b12-11+. The molecule has 0 aliphatic rings. The van der Waals surface area contributed by atoms with E-state index >= 15 is 0 Å². The summed E-state index contributed by atoms with van der Waals surface area (Å²) in [5.74, 6) is 0.334. The van der Waals surface area contributed by atoms with Gasteiger partial charge in [0.1, 0.15) is 5.75 Å². The van der Waals surface area contributed by atoms with E-state index in [1.807, 2.05) is 24.5 Å². The molecule has 0 amide bonds. The van der Waals surface area contributed by atoms with Gasteiger partial charge in [0.05, 0.1) is 0 Å². The Labute approximate surface area is 200 Å². The van der Waals surface area contributed by atoms with E-state index in [1.54, 1.807) is 0 Å². The first-order chi connectivity index (χ1) is 15.2. The minimum Gasteiger partial charge on any atom is -0.508 e. The normalized spacial score (nSPS) is 12.5. The second kappa shape index (κ2) is 8.82. The van der Waals surface area contributed by atoms with Crippen molar-refractivity contribution in [3.8, 4) is 16.9 Å². The summed E-state index contributed by atoms with van der Waals surface area (Å²) >= 11 is 0. The number of hydrogen-bond acceptors (Lipinski definition) is 2. The second-order valence-corrected chi connectivity index (χ2v) is 11.5. The Morgan fingerprint density at radius 3 is 1.48 bits per heavy atom. The van der Waals surface area contributed by atoms with E-state index < -0.39 is 0 Å². The lowest BCUT2D eigenvalue weighted by molar-refractivity contribution is 0.465. The van der Waals surface area contributed by atoms with Crippen LogP contribution < -0.4 is 0 Å². The lowest BCUT2D eigenvalue weighted by Gasteiger charge is -2.29. The molecule has 1 aromatic heterocycles. The number of phenols is 1. The third-order valence-corrected chi connectivity index (χ3v) is 6.35. The third-order valence-electron chi connectivity index (χ3n) is 6.35. The quantitative estimate of drug-likeness (QED) is 0.414. The van der Waals surface area contributed by atoms with Gasteiger partial charge >= 0.3 is 0 Å². The Kier molecular flexibility index (Phi) is 6.62. The molecule has 2 nitrogen and oxygen atoms in total. The van der Waals surface area contributed by atoms with Crippen LogP contribution in [0.2, 0.25) is 0 Å². The molecule has 2 aromatic carbocycles. The highest BCUT2D eigenvalue weighted by atomic mass is 16.3. The van der Waals surface area contributed by atoms with Crippen LogP contribution >= 0.6 is 0 Å². The van der Waals surface area contributed by atoms with Gasteiger partial charge in [-0.05, 0) is 106 Å². The van der Waals surface area contributed by atoms with Gasteiger partial charge in [-0.1, -0.05) is 65.8 Å². The summed E-state index contributed by atoms with van der Waals surface area (Å²) in [4.78, 5) is 4.34. The maximum atomic E-state index is 10.5. The minimum atomic E-state index is -0.0789. The highest BCUT2D eigenvalue weighted by Gasteiger charge is 2.25. The van der Waals surface area contributed by atoms with Crippen molar-refractivity contribution in [2.75, 3.05) is 0 Å². The van der Waals surface area contributed by atoms with Crippen LogP contribution in [0.25, 0.3) is 23.3 Å². The summed E-state index contributed by atoms with van der Waals surface area (Å²) < 4.78 is 0. The number of aryl methyl sites for hydroxylation is 4. The molecule has 0 saturated carbocycles. The van der Waals surface area contributed by atoms with Crippen LogP contribution in [0.1, 0.15) is 86.1 Å². The van der Waals surface area contributed by atoms with Crippen LogP contribution in [0.15, 0.2) is 36.7 Å². The van der Waals surface area contributed by atoms with Crippen molar-refractivity contribution < 1.29 is 5.11 Å². The molecule has 0 radical (unpaired) electrons. The van der Waals surface area contributed by atoms with Crippen LogP contribution in [-0.2, 0) is 10.8 Å². The molecular weight excluding hydrogens is 402 g/mol. The average Bonchev–Trinajstić information content (AvgIpc) is 2.66. The molecule has 33 heavy (non-hydrogen) atoms. The van der Waals surface area contributed by atoms with Gasteiger partial charge in [-0.3, -0.25) is 4.98 Å². The van der Waals surface area contributed by atoms with Crippen LogP contribution in [0.3, 0.4) is 0 Å². The second-order valence-electron chi connectivity index (χ2n) is 11.5. The third kappa shape index (κ3) is 5.21. The molecule has 3 aromatic rings. The molecule has 0 spiro atoms. The lowest BCUT2D eigenvalue weighted by atomic mass is 9.76. The fraction of sp³-hybridized carbons (Fsp3) is 0.387. The summed E-state index contributed by atoms with van der Waals surface area (Å²) in [5, 5.41) is 10.5. The molecule has 1 heterocycles. The molecule has 0 aliphatic carbocycles. The van der Waals surface area contributed by atoms with Gasteiger partial charge in [0.15, 0.2) is 0 Å². The lowest BCUT2D eigenvalue weighted by Crippen LogP contribution is -2.19. The molecule has 0 aliphatic heterocycles. The zero-order valence-electron chi connectivity index (χ0n) is 22.0. The minimum absolute atomic E-state index is 0.0789. The number of rotatable bonds is 3. The molecule has 0 fully saturated rings. The highest BCUT2D eigenvalue weighted by molar-refractivity contribution is 5.80. The maximum Gasteiger partial charge on any atom is 0.116 e. The first-order valence-electron chi connectivity index (χ1n) is 11.8. The summed E-state index contributed by atoms with van der Waals surface area (Å²) in [6, 6.07) is 8.38. The van der Waals surface area contributed by atoms with Crippen molar-refractivity contribution in [3.63, 3.8) is 0 Å². The van der Waals surface area contributed by atoms with E-state index in [1.165, 1.54) is 44.5 Å². The number of aromatic hydroxyl groups is 1. The van der Waals surface area contributed by atoms with Gasteiger partial charge in [-0.25, -0.2) is 0 Å². The molecule has 2 heteroatoms. The van der Waals surface area contributed by atoms with Gasteiger partial charge in [0.2, 0.25) is 0 Å². The Bertz CT molecular complexity index is 1140. The van der Waals surface area contributed by atoms with Crippen molar-refractivity contribution in [1.82, 2.24) is 4.98 Å². The summed E-state index contributed by atoms with van der Waals surface area (Å²) in [6.07, 6.45) is 8.34. The van der Waals surface area contributed by atoms with Crippen LogP contribution in [0.5, 0.6) is 5.75 Å². The summed E-state index contributed by atoms with van der Waals surface area (Å²) in [6.45, 7) is 21.9. The molecular formula is C31H39NO. The van der Waals surface area contributed by atoms with Crippen LogP contribution in [0.4, 0.5) is 0 Å². The van der Waals surface area contributed by atoms with E-state index in [9.17, 15) is 5.11 Å². The molecule has 1 N–H and O–H groups in total. The van der Waals surface area contributed by atoms with E-state index in [0.717, 1.165) is 11.1 Å². The van der Waals surface area contributed by atoms with Gasteiger partial charge < -0.3 is 5.11 Å². The van der Waals surface area contributed by atoms with Crippen molar-refractivity contribution in [2.24, 2.45) is 0 Å². The number of phenolic OH excluding ortho intramolecular Hbond substituents is 1. The Morgan fingerprint density at radius 1 is 0.636 bits per heavy atom. The average molecular weight is 442 g/mol. The van der Waals surface area contributed by atoms with E-state index in [2.05, 4.69) is 98.5 Å². The molecule has 3 rings (SSSR count). The molecule has 0 atom stereocenters. The number of benzene rings is 2. The highest BCUT2D eigenvalue weighted by Crippen LogP contribution is 2.39. The Hall–Kier alpha value is -2.87. The van der Waals surface area contributed by atoms with Crippen molar-refractivity contribution in [3.05, 3.63) is 81.2 Å². The predicted octanol–water partition coefficient (Wildman–Crippen LogP) is 8.45. The van der Waals surface area contributed by atoms with Gasteiger partial charge in [0, 0.05) is 12.4 Å². The predicted molar refractivity (Wildman–Crippen MR) is 143 cm³/mol. The zero-order chi connectivity index (χ0) is 24.7. The SMILES string of the molecule is Cc1cncc(C)c1-c1c(C)cc(/C=C/c2c(C(C)(C)C)cc(O)cc2C(C)(C)C)cc1C. The van der Waals surface area contributed by atoms with Crippen molar-refractivity contribution >= 4 is 12.2 Å². The first kappa shape index (κ1) is 24.8. The van der Waals surface area contributed by atoms with E-state index in [4.69, 9.17) is 0 Å². The van der Waals surface area contributed by atoms with Gasteiger partial charge in [-0.15, -0.1) is 0 Å². The topological polar surface area (TPSA) is 33.1 Å². The fourth-order valence-electron chi connectivity index (χ4n) is 4.82. The molecule has 0 unspecified atom stereocenters. The summed E-state index contributed by atoms with van der Waals surface area (Å²) in [5.41, 5.74) is 12.1. The number of aromatic nitrogens is 1. The smallest absolute Gasteiger partial charge is 0.116 e. The fourth-order valence-corrected chi connectivity index (χ4v) is 4.82.